The van der Waals surface area contributed by atoms with Gasteiger partial charge in [0.05, 0.1) is 0 Å². The average Bonchev–Trinajstić information content (AvgIpc) is 3.10. The van der Waals surface area contributed by atoms with E-state index in [0.717, 1.165) is 25.3 Å². The van der Waals surface area contributed by atoms with E-state index in [1.165, 1.54) is 12.0 Å². The van der Waals surface area contributed by atoms with Crippen molar-refractivity contribution >= 4 is 11.3 Å². The summed E-state index contributed by atoms with van der Waals surface area (Å²) >= 11 is 1.79. The van der Waals surface area contributed by atoms with Gasteiger partial charge in [-0.2, -0.15) is 11.3 Å². The number of benzene rings is 1. The first-order chi connectivity index (χ1) is 9.85. The fourth-order valence-corrected chi connectivity index (χ4v) is 3.64. The fourth-order valence-electron chi connectivity index (χ4n) is 2.96. The molecular formula is C17H21NOS. The van der Waals surface area contributed by atoms with Gasteiger partial charge >= 0.3 is 0 Å². The average molecular weight is 287 g/mol. The van der Waals surface area contributed by atoms with Gasteiger partial charge in [-0.15, -0.1) is 0 Å². The Hall–Kier alpha value is -1.32. The zero-order valence-electron chi connectivity index (χ0n) is 11.9. The van der Waals surface area contributed by atoms with Gasteiger partial charge in [0.15, 0.2) is 6.23 Å². The van der Waals surface area contributed by atoms with Crippen molar-refractivity contribution in [2.75, 3.05) is 13.1 Å². The Labute approximate surface area is 125 Å². The lowest BCUT2D eigenvalue weighted by atomic mass is 10.0. The molecule has 1 aromatic heterocycles. The molecule has 0 bridgehead atoms. The molecule has 0 aliphatic carbocycles. The molecule has 0 radical (unpaired) electrons. The molecule has 2 heterocycles. The Morgan fingerprint density at radius 3 is 2.80 bits per heavy atom. The summed E-state index contributed by atoms with van der Waals surface area (Å²) in [4.78, 5) is 2.45. The first-order valence-electron chi connectivity index (χ1n) is 7.32. The van der Waals surface area contributed by atoms with Gasteiger partial charge in [0.1, 0.15) is 5.75 Å². The molecule has 3 rings (SSSR count). The molecule has 0 N–H and O–H groups in total. The molecule has 0 amide bonds. The molecule has 1 aromatic carbocycles. The number of thiophene rings is 1. The van der Waals surface area contributed by atoms with Crippen LogP contribution in [0.1, 0.15) is 18.9 Å². The van der Waals surface area contributed by atoms with Crippen molar-refractivity contribution in [2.24, 2.45) is 5.92 Å². The normalized spacial score (nSPS) is 23.1. The minimum atomic E-state index is 0.228. The Balaban J connectivity index is 1.62. The smallest absolute Gasteiger partial charge is 0.152 e. The second kappa shape index (κ2) is 6.42. The summed E-state index contributed by atoms with van der Waals surface area (Å²) < 4.78 is 6.16. The van der Waals surface area contributed by atoms with Crippen molar-refractivity contribution in [2.45, 2.75) is 26.0 Å². The van der Waals surface area contributed by atoms with E-state index in [9.17, 15) is 0 Å². The van der Waals surface area contributed by atoms with Crippen LogP contribution in [-0.4, -0.2) is 24.2 Å². The second-order valence-corrected chi connectivity index (χ2v) is 6.19. The summed E-state index contributed by atoms with van der Waals surface area (Å²) in [5.41, 5.74) is 1.47. The summed E-state index contributed by atoms with van der Waals surface area (Å²) in [5, 5.41) is 4.43. The van der Waals surface area contributed by atoms with Gasteiger partial charge in [0.25, 0.3) is 0 Å². The molecule has 2 nitrogen and oxygen atoms in total. The van der Waals surface area contributed by atoms with E-state index in [0.29, 0.717) is 5.92 Å². The maximum Gasteiger partial charge on any atom is 0.152 e. The number of ether oxygens (including phenoxy) is 1. The van der Waals surface area contributed by atoms with Gasteiger partial charge in [-0.1, -0.05) is 25.1 Å². The number of rotatable bonds is 5. The summed E-state index contributed by atoms with van der Waals surface area (Å²) in [6.07, 6.45) is 2.53. The van der Waals surface area contributed by atoms with Crippen LogP contribution in [0.5, 0.6) is 5.75 Å². The van der Waals surface area contributed by atoms with Gasteiger partial charge in [0, 0.05) is 13.0 Å². The molecule has 2 aromatic rings. The van der Waals surface area contributed by atoms with Crippen LogP contribution < -0.4 is 4.74 Å². The highest BCUT2D eigenvalue weighted by Gasteiger charge is 2.32. The van der Waals surface area contributed by atoms with E-state index in [4.69, 9.17) is 4.74 Å². The number of para-hydroxylation sites is 1. The van der Waals surface area contributed by atoms with E-state index < -0.39 is 0 Å². The van der Waals surface area contributed by atoms with Crippen molar-refractivity contribution in [3.8, 4) is 5.75 Å². The minimum absolute atomic E-state index is 0.228. The molecular weight excluding hydrogens is 266 g/mol. The van der Waals surface area contributed by atoms with Crippen molar-refractivity contribution in [1.29, 1.82) is 0 Å². The van der Waals surface area contributed by atoms with Crippen molar-refractivity contribution < 1.29 is 4.74 Å². The predicted octanol–water partition coefficient (Wildman–Crippen LogP) is 4.04. The fraction of sp³-hybridized carbons (Fsp3) is 0.412. The number of hydrogen-bond donors (Lipinski definition) is 0. The van der Waals surface area contributed by atoms with Crippen molar-refractivity contribution in [3.63, 3.8) is 0 Å². The van der Waals surface area contributed by atoms with E-state index >= 15 is 0 Å². The molecule has 106 valence electrons. The lowest BCUT2D eigenvalue weighted by Gasteiger charge is -2.23. The van der Waals surface area contributed by atoms with Crippen LogP contribution in [0.2, 0.25) is 0 Å². The largest absolute Gasteiger partial charge is 0.475 e. The van der Waals surface area contributed by atoms with E-state index in [1.807, 2.05) is 30.3 Å². The van der Waals surface area contributed by atoms with E-state index in [2.05, 4.69) is 28.7 Å². The zero-order valence-corrected chi connectivity index (χ0v) is 12.7. The van der Waals surface area contributed by atoms with E-state index in [-0.39, 0.29) is 6.23 Å². The first-order valence-corrected chi connectivity index (χ1v) is 8.26. The molecule has 2 unspecified atom stereocenters. The molecule has 0 spiro atoms. The van der Waals surface area contributed by atoms with Crippen LogP contribution >= 0.6 is 11.3 Å². The van der Waals surface area contributed by atoms with Crippen LogP contribution in [0, 0.1) is 5.92 Å². The third-order valence-corrected chi connectivity index (χ3v) is 4.69. The summed E-state index contributed by atoms with van der Waals surface area (Å²) in [5.74, 6) is 1.69. The zero-order chi connectivity index (χ0) is 13.8. The second-order valence-electron chi connectivity index (χ2n) is 5.41. The highest BCUT2D eigenvalue weighted by molar-refractivity contribution is 7.07. The summed E-state index contributed by atoms with van der Waals surface area (Å²) in [6.45, 7) is 4.41. The van der Waals surface area contributed by atoms with Crippen molar-refractivity contribution in [3.05, 3.63) is 52.7 Å². The summed E-state index contributed by atoms with van der Waals surface area (Å²) in [7, 11) is 0. The quantitative estimate of drug-likeness (QED) is 0.823. The standard InChI is InChI=1S/C17H21NOS/c1-2-18-12-15(10-14-8-9-20-13-14)11-17(18)19-16-6-4-3-5-7-16/h3-9,13,15,17H,2,10-12H2,1H3. The van der Waals surface area contributed by atoms with Gasteiger partial charge < -0.3 is 4.74 Å². The number of likely N-dealkylation sites (tertiary alicyclic amines) is 1. The van der Waals surface area contributed by atoms with Gasteiger partial charge in [-0.3, -0.25) is 4.90 Å². The SMILES string of the molecule is CCN1CC(Cc2ccsc2)CC1Oc1ccccc1. The Morgan fingerprint density at radius 2 is 2.10 bits per heavy atom. The van der Waals surface area contributed by atoms with Crippen LogP contribution in [-0.2, 0) is 6.42 Å². The van der Waals surface area contributed by atoms with Crippen molar-refractivity contribution in [1.82, 2.24) is 4.90 Å². The maximum atomic E-state index is 6.16. The lowest BCUT2D eigenvalue weighted by molar-refractivity contribution is 0.0650. The highest BCUT2D eigenvalue weighted by Crippen LogP contribution is 2.28. The van der Waals surface area contributed by atoms with Gasteiger partial charge in [-0.25, -0.2) is 0 Å². The number of nitrogens with zero attached hydrogens (tertiary/aromatic N) is 1. The monoisotopic (exact) mass is 287 g/mol. The Bertz CT molecular complexity index is 511. The molecule has 1 fully saturated rings. The summed E-state index contributed by atoms with van der Waals surface area (Å²) in [6, 6.07) is 12.4. The topological polar surface area (TPSA) is 12.5 Å². The van der Waals surface area contributed by atoms with Gasteiger partial charge in [-0.05, 0) is 53.4 Å². The maximum absolute atomic E-state index is 6.16. The van der Waals surface area contributed by atoms with Gasteiger partial charge in [0.2, 0.25) is 0 Å². The Kier molecular flexibility index (Phi) is 4.38. The molecule has 2 atom stereocenters. The van der Waals surface area contributed by atoms with Crippen LogP contribution in [0.3, 0.4) is 0 Å². The molecule has 3 heteroatoms. The molecule has 1 aliphatic heterocycles. The van der Waals surface area contributed by atoms with E-state index in [1.54, 1.807) is 11.3 Å². The third kappa shape index (κ3) is 3.22. The highest BCUT2D eigenvalue weighted by atomic mass is 32.1. The minimum Gasteiger partial charge on any atom is -0.475 e. The van der Waals surface area contributed by atoms with Crippen LogP contribution in [0.4, 0.5) is 0 Å². The Morgan fingerprint density at radius 1 is 1.25 bits per heavy atom. The van der Waals surface area contributed by atoms with Crippen LogP contribution in [0.25, 0.3) is 0 Å². The number of hydrogen-bond acceptors (Lipinski definition) is 3. The first kappa shape index (κ1) is 13.7. The molecule has 0 saturated carbocycles. The third-order valence-electron chi connectivity index (χ3n) is 3.96. The molecule has 1 aliphatic rings. The molecule has 1 saturated heterocycles. The predicted molar refractivity (Wildman–Crippen MR) is 84.2 cm³/mol. The molecule has 20 heavy (non-hydrogen) atoms. The van der Waals surface area contributed by atoms with Crippen LogP contribution in [0.15, 0.2) is 47.2 Å². The lowest BCUT2D eigenvalue weighted by Crippen LogP contribution is -2.33.